The van der Waals surface area contributed by atoms with Gasteiger partial charge in [0.15, 0.2) is 0 Å². The number of thiazole rings is 1. The Labute approximate surface area is 162 Å². The molecule has 0 unspecified atom stereocenters. The van der Waals surface area contributed by atoms with Gasteiger partial charge in [0.1, 0.15) is 10.8 Å². The molecular formula is C18H25N3O5S. The predicted octanol–water partition coefficient (Wildman–Crippen LogP) is 1.63. The third-order valence-electron chi connectivity index (χ3n) is 3.79. The van der Waals surface area contributed by atoms with Crippen LogP contribution in [0.2, 0.25) is 0 Å². The number of nitrogens with zero attached hydrogens (tertiary/aromatic N) is 2. The first-order valence-electron chi connectivity index (χ1n) is 8.71. The van der Waals surface area contributed by atoms with E-state index in [4.69, 9.17) is 20.1 Å². The van der Waals surface area contributed by atoms with Gasteiger partial charge in [0, 0.05) is 36.3 Å². The van der Waals surface area contributed by atoms with Gasteiger partial charge in [-0.25, -0.2) is 9.78 Å². The molecule has 0 fully saturated rings. The number of carboxylic acid groups (broad SMARTS) is 1. The van der Waals surface area contributed by atoms with Crippen LogP contribution in [0.1, 0.15) is 11.3 Å². The molecule has 0 atom stereocenters. The third kappa shape index (κ3) is 7.51. The number of rotatable bonds is 12. The minimum absolute atomic E-state index is 0.0765. The van der Waals surface area contributed by atoms with E-state index in [0.717, 1.165) is 34.2 Å². The van der Waals surface area contributed by atoms with E-state index in [1.165, 1.54) is 11.3 Å². The molecule has 8 nitrogen and oxygen atoms in total. The molecule has 148 valence electrons. The number of amides is 1. The second-order valence-corrected chi connectivity index (χ2v) is 6.92. The summed E-state index contributed by atoms with van der Waals surface area (Å²) in [5.74, 6) is 0.763. The summed E-state index contributed by atoms with van der Waals surface area (Å²) in [5, 5.41) is 29.8. The highest BCUT2D eigenvalue weighted by molar-refractivity contribution is 7.15. The van der Waals surface area contributed by atoms with Crippen molar-refractivity contribution in [1.29, 1.82) is 0 Å². The summed E-state index contributed by atoms with van der Waals surface area (Å²) in [4.78, 5) is 17.7. The Hall–Kier alpha value is -2.20. The van der Waals surface area contributed by atoms with Crippen molar-refractivity contribution >= 4 is 17.4 Å². The Morgan fingerprint density at radius 1 is 1.15 bits per heavy atom. The van der Waals surface area contributed by atoms with Crippen molar-refractivity contribution in [2.24, 2.45) is 0 Å². The van der Waals surface area contributed by atoms with Gasteiger partial charge in [-0.15, -0.1) is 11.3 Å². The van der Waals surface area contributed by atoms with E-state index in [1.807, 2.05) is 29.2 Å². The fourth-order valence-electron chi connectivity index (χ4n) is 2.48. The second-order valence-electron chi connectivity index (χ2n) is 5.81. The first-order valence-corrected chi connectivity index (χ1v) is 9.53. The standard InChI is InChI=1S/C18H25N3O5S/c22-9-7-21(8-10-23)6-1-11-26-15-4-2-14(3-5-15)17-19-12-16(27-17)13-20-18(24)25/h2-5,12,20,22-23H,1,6-11,13H2,(H,24,25). The molecule has 2 aromatic rings. The number of carbonyl (C=O) groups is 1. The highest BCUT2D eigenvalue weighted by Crippen LogP contribution is 2.26. The molecule has 9 heteroatoms. The van der Waals surface area contributed by atoms with Crippen molar-refractivity contribution in [2.75, 3.05) is 39.5 Å². The number of hydrogen-bond acceptors (Lipinski definition) is 7. The van der Waals surface area contributed by atoms with Crippen molar-refractivity contribution in [3.63, 3.8) is 0 Å². The minimum Gasteiger partial charge on any atom is -0.494 e. The molecule has 1 amide bonds. The van der Waals surface area contributed by atoms with Gasteiger partial charge < -0.3 is 25.4 Å². The van der Waals surface area contributed by atoms with E-state index in [0.29, 0.717) is 19.7 Å². The average Bonchev–Trinajstić information content (AvgIpc) is 3.13. The lowest BCUT2D eigenvalue weighted by Gasteiger charge is -2.19. The molecule has 2 rings (SSSR count). The average molecular weight is 395 g/mol. The van der Waals surface area contributed by atoms with Crippen LogP contribution in [0, 0.1) is 0 Å². The van der Waals surface area contributed by atoms with Gasteiger partial charge in [0.25, 0.3) is 0 Å². The molecule has 0 saturated heterocycles. The van der Waals surface area contributed by atoms with Crippen LogP contribution in [-0.4, -0.2) is 70.8 Å². The maximum Gasteiger partial charge on any atom is 0.404 e. The van der Waals surface area contributed by atoms with Crippen LogP contribution < -0.4 is 10.1 Å². The van der Waals surface area contributed by atoms with Crippen molar-refractivity contribution in [3.05, 3.63) is 35.3 Å². The normalized spacial score (nSPS) is 10.9. The molecule has 0 spiro atoms. The summed E-state index contributed by atoms with van der Waals surface area (Å²) < 4.78 is 5.73. The van der Waals surface area contributed by atoms with Crippen molar-refractivity contribution in [1.82, 2.24) is 15.2 Å². The van der Waals surface area contributed by atoms with Crippen LogP contribution in [0.15, 0.2) is 30.5 Å². The minimum atomic E-state index is -1.05. The van der Waals surface area contributed by atoms with Crippen molar-refractivity contribution in [2.45, 2.75) is 13.0 Å². The fourth-order valence-corrected chi connectivity index (χ4v) is 3.33. The Morgan fingerprint density at radius 3 is 2.48 bits per heavy atom. The number of aliphatic hydroxyl groups is 2. The molecule has 0 bridgehead atoms. The molecule has 1 heterocycles. The van der Waals surface area contributed by atoms with Gasteiger partial charge in [0.2, 0.25) is 0 Å². The van der Waals surface area contributed by atoms with Crippen LogP contribution in [0.25, 0.3) is 10.6 Å². The molecule has 1 aromatic heterocycles. The third-order valence-corrected chi connectivity index (χ3v) is 4.83. The zero-order valence-electron chi connectivity index (χ0n) is 15.0. The Bertz CT molecular complexity index is 687. The number of nitrogens with one attached hydrogen (secondary N) is 1. The van der Waals surface area contributed by atoms with Gasteiger partial charge >= 0.3 is 6.09 Å². The number of aromatic nitrogens is 1. The summed E-state index contributed by atoms with van der Waals surface area (Å²) >= 11 is 1.44. The van der Waals surface area contributed by atoms with Crippen LogP contribution in [0.3, 0.4) is 0 Å². The maximum absolute atomic E-state index is 10.5. The summed E-state index contributed by atoms with van der Waals surface area (Å²) in [5.41, 5.74) is 0.950. The van der Waals surface area contributed by atoms with Gasteiger partial charge in [-0.3, -0.25) is 4.90 Å². The Balaban J connectivity index is 1.78. The van der Waals surface area contributed by atoms with E-state index < -0.39 is 6.09 Å². The molecule has 0 radical (unpaired) electrons. The lowest BCUT2D eigenvalue weighted by molar-refractivity contribution is 0.153. The molecule has 0 saturated carbocycles. The molecular weight excluding hydrogens is 370 g/mol. The number of hydrogen-bond donors (Lipinski definition) is 4. The molecule has 1 aromatic carbocycles. The van der Waals surface area contributed by atoms with E-state index in [1.54, 1.807) is 6.20 Å². The van der Waals surface area contributed by atoms with E-state index in [9.17, 15) is 4.79 Å². The van der Waals surface area contributed by atoms with Gasteiger partial charge in [-0.05, 0) is 30.7 Å². The first kappa shape index (κ1) is 21.1. The summed E-state index contributed by atoms with van der Waals surface area (Å²) in [6.07, 6.45) is 1.42. The first-order chi connectivity index (χ1) is 13.1. The van der Waals surface area contributed by atoms with Crippen molar-refractivity contribution in [3.8, 4) is 16.3 Å². The van der Waals surface area contributed by atoms with Crippen LogP contribution in [0.4, 0.5) is 4.79 Å². The molecule has 0 aliphatic carbocycles. The molecule has 27 heavy (non-hydrogen) atoms. The van der Waals surface area contributed by atoms with Crippen LogP contribution in [0.5, 0.6) is 5.75 Å². The lowest BCUT2D eigenvalue weighted by atomic mass is 10.2. The smallest absolute Gasteiger partial charge is 0.404 e. The topological polar surface area (TPSA) is 115 Å². The van der Waals surface area contributed by atoms with E-state index in [2.05, 4.69) is 10.3 Å². The van der Waals surface area contributed by atoms with E-state index in [-0.39, 0.29) is 19.8 Å². The van der Waals surface area contributed by atoms with Crippen LogP contribution in [-0.2, 0) is 6.54 Å². The lowest BCUT2D eigenvalue weighted by Crippen LogP contribution is -2.31. The second kappa shape index (κ2) is 11.5. The predicted molar refractivity (Wildman–Crippen MR) is 103 cm³/mol. The van der Waals surface area contributed by atoms with Crippen molar-refractivity contribution < 1.29 is 24.9 Å². The Kier molecular flexibility index (Phi) is 8.99. The zero-order chi connectivity index (χ0) is 19.5. The SMILES string of the molecule is O=C(O)NCc1cnc(-c2ccc(OCCCN(CCO)CCO)cc2)s1. The number of ether oxygens (including phenoxy) is 1. The van der Waals surface area contributed by atoms with Gasteiger partial charge in [-0.2, -0.15) is 0 Å². The zero-order valence-corrected chi connectivity index (χ0v) is 15.8. The van der Waals surface area contributed by atoms with Gasteiger partial charge in [0.05, 0.1) is 26.4 Å². The van der Waals surface area contributed by atoms with Gasteiger partial charge in [-0.1, -0.05) is 0 Å². The molecule has 4 N–H and O–H groups in total. The summed E-state index contributed by atoms with van der Waals surface area (Å²) in [6, 6.07) is 7.61. The molecule has 0 aliphatic rings. The highest BCUT2D eigenvalue weighted by atomic mass is 32.1. The quantitative estimate of drug-likeness (QED) is 0.404. The number of aliphatic hydroxyl groups excluding tert-OH is 2. The monoisotopic (exact) mass is 395 g/mol. The molecule has 0 aliphatic heterocycles. The fraction of sp³-hybridized carbons (Fsp3) is 0.444. The van der Waals surface area contributed by atoms with E-state index >= 15 is 0 Å². The van der Waals surface area contributed by atoms with Crippen LogP contribution >= 0.6 is 11.3 Å². The summed E-state index contributed by atoms with van der Waals surface area (Å²) in [7, 11) is 0. The maximum atomic E-state index is 10.5. The largest absolute Gasteiger partial charge is 0.494 e. The summed E-state index contributed by atoms with van der Waals surface area (Å²) in [6.45, 7) is 2.80. The number of benzene rings is 1. The Morgan fingerprint density at radius 2 is 1.85 bits per heavy atom. The highest BCUT2D eigenvalue weighted by Gasteiger charge is 2.07.